The van der Waals surface area contributed by atoms with Crippen molar-refractivity contribution in [1.29, 1.82) is 0 Å². The Morgan fingerprint density at radius 1 is 0.855 bits per heavy atom. The summed E-state index contributed by atoms with van der Waals surface area (Å²) >= 11 is 7.88. The molecule has 0 aliphatic carbocycles. The number of imide groups is 2. The number of anilines is 1. The number of fused-ring (bicyclic) bond motifs is 4. The van der Waals surface area contributed by atoms with E-state index in [0.29, 0.717) is 55.4 Å². The van der Waals surface area contributed by atoms with Crippen LogP contribution in [0.15, 0.2) is 71.7 Å². The van der Waals surface area contributed by atoms with Crippen molar-refractivity contribution in [2.24, 2.45) is 4.99 Å². The Labute approximate surface area is 366 Å². The molecule has 5 heterocycles. The van der Waals surface area contributed by atoms with E-state index in [2.05, 4.69) is 45.3 Å². The molecule has 0 bridgehead atoms. The lowest BCUT2D eigenvalue weighted by molar-refractivity contribution is -0.136. The zero-order chi connectivity index (χ0) is 43.7. The number of nitrogens with one attached hydrogen (secondary N) is 4. The number of nitrogens with zero attached hydrogens (tertiary/aromatic N) is 5. The Kier molecular flexibility index (Phi) is 12.1. The van der Waals surface area contributed by atoms with Crippen LogP contribution in [-0.2, 0) is 32.3 Å². The first-order valence-corrected chi connectivity index (χ1v) is 21.6. The predicted octanol–water partition coefficient (Wildman–Crippen LogP) is 5.81. The quantitative estimate of drug-likeness (QED) is 0.0787. The monoisotopic (exact) mass is 873 g/mol. The maximum absolute atomic E-state index is 13.4. The largest absolute Gasteiger partial charge is 0.380 e. The molecule has 3 aromatic carbocycles. The molecule has 1 fully saturated rings. The van der Waals surface area contributed by atoms with Gasteiger partial charge in [0.1, 0.15) is 22.9 Å². The van der Waals surface area contributed by atoms with Gasteiger partial charge in [-0.3, -0.25) is 48.5 Å². The zero-order valence-corrected chi connectivity index (χ0v) is 35.9. The van der Waals surface area contributed by atoms with Gasteiger partial charge >= 0.3 is 0 Å². The maximum Gasteiger partial charge on any atom is 0.264 e. The summed E-state index contributed by atoms with van der Waals surface area (Å²) in [6.07, 6.45) is 1.73. The molecular weight excluding hydrogens is 830 g/mol. The molecule has 4 N–H and O–H groups in total. The van der Waals surface area contributed by atoms with E-state index in [1.165, 1.54) is 4.88 Å². The van der Waals surface area contributed by atoms with Gasteiger partial charge < -0.3 is 16.0 Å². The number of amides is 6. The van der Waals surface area contributed by atoms with E-state index in [4.69, 9.17) is 16.6 Å². The van der Waals surface area contributed by atoms with Crippen molar-refractivity contribution in [2.45, 2.75) is 84.5 Å². The molecule has 6 amide bonds. The van der Waals surface area contributed by atoms with Crippen molar-refractivity contribution < 1.29 is 28.8 Å². The van der Waals surface area contributed by atoms with Crippen molar-refractivity contribution in [3.63, 3.8) is 0 Å². The van der Waals surface area contributed by atoms with E-state index in [-0.39, 0.29) is 42.2 Å². The summed E-state index contributed by atoms with van der Waals surface area (Å²) in [7, 11) is 0. The number of aryl methyl sites for hydroxylation is 2. The number of aliphatic imine (C=N–C) groups is 1. The number of piperidine rings is 1. The van der Waals surface area contributed by atoms with Crippen molar-refractivity contribution in [3.05, 3.63) is 127 Å². The van der Waals surface area contributed by atoms with Gasteiger partial charge in [-0.2, -0.15) is 0 Å². The molecular formula is C45H44ClN9O6S. The van der Waals surface area contributed by atoms with Crippen LogP contribution in [0.3, 0.4) is 0 Å². The number of carbonyl (C=O) groups excluding carboxylic acids is 6. The second-order valence-electron chi connectivity index (χ2n) is 15.5. The molecule has 3 aliphatic rings. The molecule has 17 heteroatoms. The minimum Gasteiger partial charge on any atom is -0.380 e. The third kappa shape index (κ3) is 8.52. The normalized spacial score (nSPS) is 16.8. The van der Waals surface area contributed by atoms with E-state index in [1.807, 2.05) is 60.0 Å². The highest BCUT2D eigenvalue weighted by Crippen LogP contribution is 2.40. The maximum atomic E-state index is 13.4. The molecule has 3 aliphatic heterocycles. The number of rotatable bonds is 14. The van der Waals surface area contributed by atoms with Gasteiger partial charge in [-0.05, 0) is 81.0 Å². The lowest BCUT2D eigenvalue weighted by Gasteiger charge is -2.27. The predicted molar refractivity (Wildman–Crippen MR) is 233 cm³/mol. The number of aromatic nitrogens is 3. The van der Waals surface area contributed by atoms with Gasteiger partial charge in [0.15, 0.2) is 5.82 Å². The molecule has 0 radical (unpaired) electrons. The number of carbonyl (C=O) groups is 6. The van der Waals surface area contributed by atoms with Gasteiger partial charge in [0, 0.05) is 59.2 Å². The summed E-state index contributed by atoms with van der Waals surface area (Å²) in [5, 5.41) is 21.9. The van der Waals surface area contributed by atoms with Crippen LogP contribution in [0.2, 0.25) is 5.02 Å². The van der Waals surface area contributed by atoms with E-state index < -0.39 is 35.7 Å². The Balaban J connectivity index is 0.791. The van der Waals surface area contributed by atoms with Gasteiger partial charge in [0.25, 0.3) is 11.8 Å². The average Bonchev–Trinajstić information content (AvgIpc) is 3.83. The van der Waals surface area contributed by atoms with Crippen molar-refractivity contribution in [3.8, 4) is 5.00 Å². The summed E-state index contributed by atoms with van der Waals surface area (Å²) in [5.74, 6) is -1.16. The SMILES string of the molecule is Cc1sc2c(c1C)C(c1ccc(Cl)cc1)=N[C@@H](CC(=O)NCCCCC(=O)NCc1ccc(CNc3cccc4c3C(=O)N(C3CCC(=O)NC3=O)C4=O)cc1)c1nnc(C)n1-2. The van der Waals surface area contributed by atoms with Crippen LogP contribution in [0.1, 0.15) is 110 Å². The molecule has 15 nitrogen and oxygen atoms in total. The van der Waals surface area contributed by atoms with Crippen LogP contribution in [-0.4, -0.2) is 73.4 Å². The molecule has 0 spiro atoms. The first-order valence-electron chi connectivity index (χ1n) is 20.4. The Morgan fingerprint density at radius 2 is 1.60 bits per heavy atom. The van der Waals surface area contributed by atoms with Crippen molar-refractivity contribution in [2.75, 3.05) is 11.9 Å². The van der Waals surface area contributed by atoms with Gasteiger partial charge in [-0.25, -0.2) is 0 Å². The number of benzene rings is 3. The lowest BCUT2D eigenvalue weighted by Crippen LogP contribution is -2.54. The highest BCUT2D eigenvalue weighted by molar-refractivity contribution is 7.15. The standard InChI is InChI=1S/C45H44ClN9O6S/c1-24-25(2)62-45-38(24)40(29-14-16-30(46)17-15-29)50-33(41-53-52-26(3)54(41)45)21-37(58)47-20-5-4-9-35(56)49-23-28-12-10-27(11-13-28)22-48-32-8-6-7-31-39(32)44(61)55(43(31)60)34-18-19-36(57)51-42(34)59/h6-8,10-17,33-34,48H,4-5,9,18-23H2,1-3H3,(H,47,58)(H,49,56)(H,51,57,59)/t33-,34?/m0/s1. The third-order valence-corrected chi connectivity index (χ3v) is 12.8. The van der Waals surface area contributed by atoms with Crippen molar-refractivity contribution >= 4 is 69.8 Å². The molecule has 2 aromatic heterocycles. The molecule has 1 unspecified atom stereocenters. The molecule has 318 valence electrons. The van der Waals surface area contributed by atoms with Gasteiger partial charge in [-0.1, -0.05) is 54.1 Å². The second kappa shape index (κ2) is 17.8. The average molecular weight is 874 g/mol. The number of unbranched alkanes of at least 4 members (excludes halogenated alkanes) is 1. The summed E-state index contributed by atoms with van der Waals surface area (Å²) in [6, 6.07) is 18.5. The number of hydrogen-bond acceptors (Lipinski definition) is 11. The number of halogens is 1. The minimum absolute atomic E-state index is 0.0484. The summed E-state index contributed by atoms with van der Waals surface area (Å²) < 4.78 is 2.02. The minimum atomic E-state index is -1.04. The van der Waals surface area contributed by atoms with Crippen LogP contribution in [0.5, 0.6) is 0 Å². The summed E-state index contributed by atoms with van der Waals surface area (Å²) in [4.78, 5) is 83.9. The van der Waals surface area contributed by atoms with Crippen LogP contribution in [0.25, 0.3) is 5.00 Å². The lowest BCUT2D eigenvalue weighted by atomic mass is 9.99. The fourth-order valence-electron chi connectivity index (χ4n) is 7.94. The van der Waals surface area contributed by atoms with E-state index in [9.17, 15) is 28.8 Å². The first kappa shape index (κ1) is 42.2. The topological polar surface area (TPSA) is 197 Å². The summed E-state index contributed by atoms with van der Waals surface area (Å²) in [5.41, 5.74) is 6.48. The Morgan fingerprint density at radius 3 is 2.34 bits per heavy atom. The fourth-order valence-corrected chi connectivity index (χ4v) is 9.28. The van der Waals surface area contributed by atoms with Gasteiger partial charge in [0.2, 0.25) is 23.6 Å². The van der Waals surface area contributed by atoms with Crippen LogP contribution >= 0.6 is 22.9 Å². The molecule has 0 saturated carbocycles. The van der Waals surface area contributed by atoms with Gasteiger partial charge in [-0.15, -0.1) is 21.5 Å². The zero-order valence-electron chi connectivity index (χ0n) is 34.3. The fraction of sp³-hybridized carbons (Fsp3) is 0.311. The molecule has 1 saturated heterocycles. The van der Waals surface area contributed by atoms with Crippen LogP contribution < -0.4 is 21.3 Å². The Bertz CT molecular complexity index is 2650. The molecule has 2 atom stereocenters. The smallest absolute Gasteiger partial charge is 0.264 e. The van der Waals surface area contributed by atoms with Crippen LogP contribution in [0.4, 0.5) is 5.69 Å². The molecule has 8 rings (SSSR count). The number of thiophene rings is 1. The Hall–Kier alpha value is -6.52. The first-order chi connectivity index (χ1) is 29.9. The van der Waals surface area contributed by atoms with Crippen molar-refractivity contribution in [1.82, 2.24) is 35.6 Å². The summed E-state index contributed by atoms with van der Waals surface area (Å²) in [6.45, 7) is 7.18. The van der Waals surface area contributed by atoms with Gasteiger partial charge in [0.05, 0.1) is 23.3 Å². The van der Waals surface area contributed by atoms with E-state index in [1.54, 1.807) is 29.5 Å². The van der Waals surface area contributed by atoms with E-state index in [0.717, 1.165) is 49.3 Å². The number of hydrogen-bond donors (Lipinski definition) is 4. The highest BCUT2D eigenvalue weighted by atomic mass is 35.5. The second-order valence-corrected chi connectivity index (χ2v) is 17.2. The molecule has 5 aromatic rings. The van der Waals surface area contributed by atoms with Crippen LogP contribution in [0, 0.1) is 20.8 Å². The third-order valence-electron chi connectivity index (χ3n) is 11.4. The molecule has 62 heavy (non-hydrogen) atoms. The highest BCUT2D eigenvalue weighted by Gasteiger charge is 2.45. The van der Waals surface area contributed by atoms with E-state index >= 15 is 0 Å².